The van der Waals surface area contributed by atoms with Crippen molar-refractivity contribution in [3.8, 4) is 0 Å². The molecule has 3 rings (SSSR count). The van der Waals surface area contributed by atoms with Crippen LogP contribution in [0.3, 0.4) is 0 Å². The molecule has 96 valence electrons. The fourth-order valence-electron chi connectivity index (χ4n) is 3.36. The smallest absolute Gasteiger partial charge is 0.253 e. The van der Waals surface area contributed by atoms with Gasteiger partial charge in [-0.1, -0.05) is 12.5 Å². The van der Waals surface area contributed by atoms with Gasteiger partial charge in [-0.2, -0.15) is 0 Å². The number of carbonyl (C=O) groups is 1. The van der Waals surface area contributed by atoms with Gasteiger partial charge in [0.15, 0.2) is 0 Å². The van der Waals surface area contributed by atoms with Crippen LogP contribution in [0.1, 0.15) is 35.2 Å². The van der Waals surface area contributed by atoms with Gasteiger partial charge in [0.2, 0.25) is 0 Å². The lowest BCUT2D eigenvalue weighted by Gasteiger charge is -2.17. The van der Waals surface area contributed by atoms with E-state index in [1.54, 1.807) is 0 Å². The number of nitrogens with two attached hydrogens (primary N) is 1. The zero-order valence-electron chi connectivity index (χ0n) is 10.9. The zero-order valence-corrected chi connectivity index (χ0v) is 10.9. The maximum Gasteiger partial charge on any atom is 0.253 e. The lowest BCUT2D eigenvalue weighted by molar-refractivity contribution is 0.0780. The molecular weight excluding hydrogens is 224 g/mol. The topological polar surface area (TPSA) is 46.3 Å². The number of rotatable bonds is 1. The Balaban J connectivity index is 1.77. The minimum Gasteiger partial charge on any atom is -0.398 e. The Kier molecular flexibility index (Phi) is 2.77. The van der Waals surface area contributed by atoms with Crippen molar-refractivity contribution in [3.05, 3.63) is 29.3 Å². The molecule has 2 N–H and O–H groups in total. The predicted molar refractivity (Wildman–Crippen MR) is 72.3 cm³/mol. The number of hydrogen-bond donors (Lipinski definition) is 1. The highest BCUT2D eigenvalue weighted by molar-refractivity contribution is 5.95. The third-order valence-corrected chi connectivity index (χ3v) is 4.54. The van der Waals surface area contributed by atoms with Crippen LogP contribution in [0.15, 0.2) is 18.2 Å². The van der Waals surface area contributed by atoms with Crippen LogP contribution in [0.4, 0.5) is 5.69 Å². The largest absolute Gasteiger partial charge is 0.398 e. The van der Waals surface area contributed by atoms with Gasteiger partial charge < -0.3 is 10.6 Å². The quantitative estimate of drug-likeness (QED) is 0.771. The number of carbonyl (C=O) groups excluding carboxylic acids is 1. The molecule has 1 aliphatic carbocycles. The van der Waals surface area contributed by atoms with Gasteiger partial charge in [0, 0.05) is 24.3 Å². The predicted octanol–water partition coefficient (Wildman–Crippen LogP) is 2.45. The second kappa shape index (κ2) is 4.30. The van der Waals surface area contributed by atoms with Gasteiger partial charge in [-0.3, -0.25) is 4.79 Å². The van der Waals surface area contributed by atoms with Crippen molar-refractivity contribution in [2.45, 2.75) is 26.2 Å². The van der Waals surface area contributed by atoms with Crippen molar-refractivity contribution < 1.29 is 4.79 Å². The summed E-state index contributed by atoms with van der Waals surface area (Å²) in [5, 5.41) is 0. The molecule has 0 spiro atoms. The number of nitrogens with zero attached hydrogens (tertiary/aromatic N) is 1. The van der Waals surface area contributed by atoms with Gasteiger partial charge in [-0.25, -0.2) is 0 Å². The van der Waals surface area contributed by atoms with E-state index in [-0.39, 0.29) is 5.91 Å². The number of nitrogen functional groups attached to an aromatic ring is 1. The number of amides is 1. The minimum atomic E-state index is 0.149. The first kappa shape index (κ1) is 11.6. The third kappa shape index (κ3) is 1.88. The van der Waals surface area contributed by atoms with Crippen LogP contribution >= 0.6 is 0 Å². The van der Waals surface area contributed by atoms with E-state index in [0.29, 0.717) is 5.69 Å². The first-order valence-corrected chi connectivity index (χ1v) is 6.80. The lowest BCUT2D eigenvalue weighted by Crippen LogP contribution is -2.29. The van der Waals surface area contributed by atoms with E-state index in [2.05, 4.69) is 0 Å². The monoisotopic (exact) mass is 244 g/mol. The van der Waals surface area contributed by atoms with Crippen LogP contribution < -0.4 is 5.73 Å². The van der Waals surface area contributed by atoms with E-state index in [4.69, 9.17) is 5.73 Å². The highest BCUT2D eigenvalue weighted by atomic mass is 16.2. The summed E-state index contributed by atoms with van der Waals surface area (Å²) >= 11 is 0. The average Bonchev–Trinajstić information content (AvgIpc) is 2.92. The Labute approximate surface area is 108 Å². The van der Waals surface area contributed by atoms with Gasteiger partial charge in [0.1, 0.15) is 0 Å². The molecular formula is C15H20N2O. The van der Waals surface area contributed by atoms with Crippen LogP contribution in [-0.4, -0.2) is 23.9 Å². The number of anilines is 1. The summed E-state index contributed by atoms with van der Waals surface area (Å²) in [6.07, 6.45) is 3.93. The molecule has 0 radical (unpaired) electrons. The van der Waals surface area contributed by atoms with E-state index >= 15 is 0 Å². The Bertz CT molecular complexity index is 471. The summed E-state index contributed by atoms with van der Waals surface area (Å²) in [7, 11) is 0. The molecule has 1 aliphatic heterocycles. The molecule has 0 aromatic heterocycles. The average molecular weight is 244 g/mol. The summed E-state index contributed by atoms with van der Waals surface area (Å²) in [6.45, 7) is 3.85. The van der Waals surface area contributed by atoms with E-state index in [1.807, 2.05) is 30.0 Å². The van der Waals surface area contributed by atoms with Crippen LogP contribution in [0, 0.1) is 18.8 Å². The Morgan fingerprint density at radius 1 is 1.28 bits per heavy atom. The third-order valence-electron chi connectivity index (χ3n) is 4.54. The van der Waals surface area contributed by atoms with Crippen molar-refractivity contribution in [3.63, 3.8) is 0 Å². The number of fused-ring (bicyclic) bond motifs is 1. The first-order chi connectivity index (χ1) is 8.65. The maximum atomic E-state index is 12.4. The Morgan fingerprint density at radius 3 is 2.56 bits per heavy atom. The van der Waals surface area contributed by atoms with Gasteiger partial charge in [0.05, 0.1) is 0 Å². The summed E-state index contributed by atoms with van der Waals surface area (Å²) in [5.74, 6) is 1.64. The molecule has 1 aromatic rings. The maximum absolute atomic E-state index is 12.4. The molecule has 2 fully saturated rings. The number of hydrogen-bond acceptors (Lipinski definition) is 2. The van der Waals surface area contributed by atoms with Gasteiger partial charge >= 0.3 is 0 Å². The zero-order chi connectivity index (χ0) is 12.7. The molecule has 2 unspecified atom stereocenters. The molecule has 1 saturated heterocycles. The number of likely N-dealkylation sites (tertiary alicyclic amines) is 1. The van der Waals surface area contributed by atoms with Crippen molar-refractivity contribution in [1.82, 2.24) is 4.90 Å². The van der Waals surface area contributed by atoms with E-state index < -0.39 is 0 Å². The summed E-state index contributed by atoms with van der Waals surface area (Å²) < 4.78 is 0. The molecule has 0 bridgehead atoms. The minimum absolute atomic E-state index is 0.149. The van der Waals surface area contributed by atoms with Crippen LogP contribution in [0.2, 0.25) is 0 Å². The molecule has 3 heteroatoms. The van der Waals surface area contributed by atoms with Crippen LogP contribution in [0.5, 0.6) is 0 Å². The van der Waals surface area contributed by atoms with E-state index in [0.717, 1.165) is 36.1 Å². The highest BCUT2D eigenvalue weighted by Gasteiger charge is 2.38. The van der Waals surface area contributed by atoms with Crippen molar-refractivity contribution in [2.75, 3.05) is 18.8 Å². The molecule has 1 amide bonds. The second-order valence-corrected chi connectivity index (χ2v) is 5.73. The van der Waals surface area contributed by atoms with E-state index in [1.165, 1.54) is 19.3 Å². The van der Waals surface area contributed by atoms with Gasteiger partial charge in [-0.15, -0.1) is 0 Å². The molecule has 1 saturated carbocycles. The highest BCUT2D eigenvalue weighted by Crippen LogP contribution is 2.38. The second-order valence-electron chi connectivity index (χ2n) is 5.73. The first-order valence-electron chi connectivity index (χ1n) is 6.80. The summed E-state index contributed by atoms with van der Waals surface area (Å²) in [5.41, 5.74) is 8.35. The summed E-state index contributed by atoms with van der Waals surface area (Å²) in [6, 6.07) is 5.63. The van der Waals surface area contributed by atoms with Gasteiger partial charge in [-0.05, 0) is 49.3 Å². The molecule has 2 atom stereocenters. The van der Waals surface area contributed by atoms with Gasteiger partial charge in [0.25, 0.3) is 5.91 Å². The molecule has 1 aromatic carbocycles. The van der Waals surface area contributed by atoms with Crippen molar-refractivity contribution in [2.24, 2.45) is 11.8 Å². The molecule has 1 heterocycles. The lowest BCUT2D eigenvalue weighted by atomic mass is 10.0. The van der Waals surface area contributed by atoms with E-state index in [9.17, 15) is 4.79 Å². The molecule has 18 heavy (non-hydrogen) atoms. The van der Waals surface area contributed by atoms with Crippen molar-refractivity contribution >= 4 is 11.6 Å². The standard InChI is InChI=1S/C15H20N2O/c1-10-5-6-11(7-14(10)16)15(18)17-8-12-3-2-4-13(12)9-17/h5-7,12-13H,2-4,8-9,16H2,1H3. The van der Waals surface area contributed by atoms with Crippen LogP contribution in [-0.2, 0) is 0 Å². The fraction of sp³-hybridized carbons (Fsp3) is 0.533. The Hall–Kier alpha value is -1.51. The Morgan fingerprint density at radius 2 is 1.94 bits per heavy atom. The number of benzene rings is 1. The van der Waals surface area contributed by atoms with Crippen LogP contribution in [0.25, 0.3) is 0 Å². The SMILES string of the molecule is Cc1ccc(C(=O)N2CC3CCCC3C2)cc1N. The normalized spacial score (nSPS) is 26.4. The fourth-order valence-corrected chi connectivity index (χ4v) is 3.36. The summed E-state index contributed by atoms with van der Waals surface area (Å²) in [4.78, 5) is 14.4. The molecule has 2 aliphatic rings. The molecule has 3 nitrogen and oxygen atoms in total. The number of aryl methyl sites for hydroxylation is 1. The van der Waals surface area contributed by atoms with Crippen molar-refractivity contribution in [1.29, 1.82) is 0 Å².